The molecule has 0 bridgehead atoms. The highest BCUT2D eigenvalue weighted by Gasteiger charge is 2.29. The van der Waals surface area contributed by atoms with Gasteiger partial charge in [0.05, 0.1) is 25.0 Å². The fourth-order valence-corrected chi connectivity index (χ4v) is 5.70. The molecule has 0 spiro atoms. The number of β-amino-alcohol motifs (C(OH)–C–C–N with tert-alkyl or cyclic N) is 1. The SMILES string of the molecule is CN(C(=O)Cc1ccc2c(c1)NC(=O)C2)[C@H](CN1CCC(O)C1)c1cccc(-c2nccn2CC2CC2)c1. The van der Waals surface area contributed by atoms with E-state index in [0.717, 1.165) is 59.2 Å². The lowest BCUT2D eigenvalue weighted by atomic mass is 10.0. The van der Waals surface area contributed by atoms with Gasteiger partial charge in [-0.2, -0.15) is 0 Å². The molecule has 1 aliphatic carbocycles. The average Bonchev–Trinajstić information content (AvgIpc) is 3.25. The van der Waals surface area contributed by atoms with Crippen molar-refractivity contribution in [1.82, 2.24) is 19.4 Å². The van der Waals surface area contributed by atoms with E-state index in [9.17, 15) is 14.7 Å². The van der Waals surface area contributed by atoms with E-state index in [-0.39, 0.29) is 30.4 Å². The van der Waals surface area contributed by atoms with Gasteiger partial charge in [-0.3, -0.25) is 14.5 Å². The Balaban J connectivity index is 1.25. The summed E-state index contributed by atoms with van der Waals surface area (Å²) in [5, 5.41) is 13.0. The second kappa shape index (κ2) is 10.3. The number of aliphatic hydroxyl groups excluding tert-OH is 1. The number of benzene rings is 2. The number of rotatable bonds is 9. The quantitative estimate of drug-likeness (QED) is 0.458. The number of anilines is 1. The van der Waals surface area contributed by atoms with Crippen LogP contribution >= 0.6 is 0 Å². The molecule has 2 amide bonds. The number of carbonyl (C=O) groups excluding carboxylic acids is 2. The molecule has 38 heavy (non-hydrogen) atoms. The van der Waals surface area contributed by atoms with E-state index in [2.05, 4.69) is 44.2 Å². The molecule has 198 valence electrons. The van der Waals surface area contributed by atoms with Crippen molar-refractivity contribution in [2.45, 2.75) is 50.8 Å². The molecule has 1 saturated carbocycles. The molecule has 1 saturated heterocycles. The third-order valence-corrected chi connectivity index (χ3v) is 8.09. The van der Waals surface area contributed by atoms with Gasteiger partial charge < -0.3 is 19.9 Å². The first kappa shape index (κ1) is 24.8. The summed E-state index contributed by atoms with van der Waals surface area (Å²) in [6.07, 6.45) is 7.56. The lowest BCUT2D eigenvalue weighted by Crippen LogP contribution is -2.39. The second-order valence-electron chi connectivity index (χ2n) is 11.1. The molecule has 2 atom stereocenters. The Labute approximate surface area is 223 Å². The lowest BCUT2D eigenvalue weighted by Gasteiger charge is -2.32. The largest absolute Gasteiger partial charge is 0.392 e. The number of aromatic nitrogens is 2. The maximum atomic E-state index is 13.6. The summed E-state index contributed by atoms with van der Waals surface area (Å²) in [6, 6.07) is 14.0. The molecule has 3 aromatic rings. The number of likely N-dealkylation sites (N-methyl/N-ethyl adjacent to an activating group) is 1. The van der Waals surface area contributed by atoms with E-state index in [1.54, 1.807) is 0 Å². The first-order chi connectivity index (χ1) is 18.4. The van der Waals surface area contributed by atoms with E-state index in [1.165, 1.54) is 12.8 Å². The lowest BCUT2D eigenvalue weighted by molar-refractivity contribution is -0.131. The highest BCUT2D eigenvalue weighted by Crippen LogP contribution is 2.33. The highest BCUT2D eigenvalue weighted by atomic mass is 16.3. The minimum atomic E-state index is -0.320. The molecule has 2 fully saturated rings. The summed E-state index contributed by atoms with van der Waals surface area (Å²) in [4.78, 5) is 34.1. The standard InChI is InChI=1S/C30H35N5O3/c1-33(29(38)14-21-7-8-22-16-28(37)32-26(22)13-21)27(19-34-11-9-25(36)18-34)23-3-2-4-24(15-23)30-31-10-12-35(30)17-20-5-6-20/h2-4,7-8,10,12-13,15,20,25,27,36H,5-6,9,11,14,16-19H2,1H3,(H,32,37)/t25?,27-/m1/s1. The van der Waals surface area contributed by atoms with Gasteiger partial charge in [-0.25, -0.2) is 4.98 Å². The van der Waals surface area contributed by atoms with Crippen LogP contribution in [0.4, 0.5) is 5.69 Å². The number of amides is 2. The smallest absolute Gasteiger partial charge is 0.228 e. The van der Waals surface area contributed by atoms with Crippen molar-refractivity contribution in [1.29, 1.82) is 0 Å². The Hall–Kier alpha value is -3.49. The zero-order chi connectivity index (χ0) is 26.2. The van der Waals surface area contributed by atoms with Crippen LogP contribution in [0, 0.1) is 5.92 Å². The molecular formula is C30H35N5O3. The predicted molar refractivity (Wildman–Crippen MR) is 145 cm³/mol. The molecule has 1 unspecified atom stereocenters. The number of likely N-dealkylation sites (tertiary alicyclic amines) is 1. The topological polar surface area (TPSA) is 90.7 Å². The number of nitrogens with zero attached hydrogens (tertiary/aromatic N) is 4. The van der Waals surface area contributed by atoms with Gasteiger partial charge in [-0.1, -0.05) is 30.3 Å². The molecule has 1 aromatic heterocycles. The molecule has 2 N–H and O–H groups in total. The maximum Gasteiger partial charge on any atom is 0.228 e. The molecule has 0 radical (unpaired) electrons. The normalized spacial score (nSPS) is 19.8. The van der Waals surface area contributed by atoms with Crippen molar-refractivity contribution in [3.63, 3.8) is 0 Å². The summed E-state index contributed by atoms with van der Waals surface area (Å²) in [7, 11) is 1.87. The summed E-state index contributed by atoms with van der Waals surface area (Å²) in [5.74, 6) is 1.71. The zero-order valence-electron chi connectivity index (χ0n) is 21.8. The number of nitrogens with one attached hydrogen (secondary N) is 1. The van der Waals surface area contributed by atoms with E-state index in [1.807, 2.05) is 42.4 Å². The Bertz CT molecular complexity index is 1350. The molecule has 3 heterocycles. The monoisotopic (exact) mass is 513 g/mol. The van der Waals surface area contributed by atoms with Gasteiger partial charge in [0.1, 0.15) is 5.82 Å². The van der Waals surface area contributed by atoms with Crippen LogP contribution in [-0.2, 0) is 29.0 Å². The van der Waals surface area contributed by atoms with Gasteiger partial charge in [0.2, 0.25) is 11.8 Å². The van der Waals surface area contributed by atoms with E-state index >= 15 is 0 Å². The average molecular weight is 514 g/mol. The zero-order valence-corrected chi connectivity index (χ0v) is 21.8. The minimum absolute atomic E-state index is 0.00824. The minimum Gasteiger partial charge on any atom is -0.392 e. The molecule has 6 rings (SSSR count). The molecule has 2 aromatic carbocycles. The van der Waals surface area contributed by atoms with Crippen molar-refractivity contribution in [2.24, 2.45) is 5.92 Å². The van der Waals surface area contributed by atoms with E-state index in [0.29, 0.717) is 19.5 Å². The number of hydrogen-bond donors (Lipinski definition) is 2. The first-order valence-corrected chi connectivity index (χ1v) is 13.6. The van der Waals surface area contributed by atoms with Crippen LogP contribution in [0.5, 0.6) is 0 Å². The van der Waals surface area contributed by atoms with Crippen LogP contribution in [0.25, 0.3) is 11.4 Å². The molecule has 8 heteroatoms. The van der Waals surface area contributed by atoms with Gasteiger partial charge in [0.25, 0.3) is 0 Å². The van der Waals surface area contributed by atoms with Gasteiger partial charge >= 0.3 is 0 Å². The van der Waals surface area contributed by atoms with Gasteiger partial charge in [-0.05, 0) is 54.0 Å². The fraction of sp³-hybridized carbons (Fsp3) is 0.433. The van der Waals surface area contributed by atoms with Crippen LogP contribution in [0.1, 0.15) is 42.0 Å². The van der Waals surface area contributed by atoms with Crippen molar-refractivity contribution < 1.29 is 14.7 Å². The first-order valence-electron chi connectivity index (χ1n) is 13.6. The number of imidazole rings is 1. The number of fused-ring (bicyclic) bond motifs is 1. The summed E-state index contributed by atoms with van der Waals surface area (Å²) in [5.41, 5.74) is 4.77. The van der Waals surface area contributed by atoms with Gasteiger partial charge in [0, 0.05) is 56.9 Å². The van der Waals surface area contributed by atoms with Crippen molar-refractivity contribution >= 4 is 17.5 Å². The number of aliphatic hydroxyl groups is 1. The van der Waals surface area contributed by atoms with E-state index in [4.69, 9.17) is 0 Å². The Morgan fingerprint density at radius 1 is 1.21 bits per heavy atom. The van der Waals surface area contributed by atoms with Crippen LogP contribution in [0.15, 0.2) is 54.9 Å². The Morgan fingerprint density at radius 2 is 2.08 bits per heavy atom. The Kier molecular flexibility index (Phi) is 6.76. The maximum absolute atomic E-state index is 13.6. The number of hydrogen-bond acceptors (Lipinski definition) is 5. The predicted octanol–water partition coefficient (Wildman–Crippen LogP) is 3.26. The fourth-order valence-electron chi connectivity index (χ4n) is 5.70. The molecule has 3 aliphatic rings. The molecule has 8 nitrogen and oxygen atoms in total. The third kappa shape index (κ3) is 5.37. The third-order valence-electron chi connectivity index (χ3n) is 8.09. The van der Waals surface area contributed by atoms with Crippen LogP contribution in [-0.4, -0.2) is 69.1 Å². The summed E-state index contributed by atoms with van der Waals surface area (Å²) >= 11 is 0. The Morgan fingerprint density at radius 3 is 2.87 bits per heavy atom. The van der Waals surface area contributed by atoms with Gasteiger partial charge in [-0.15, -0.1) is 0 Å². The summed E-state index contributed by atoms with van der Waals surface area (Å²) < 4.78 is 2.24. The molecular weight excluding hydrogens is 478 g/mol. The summed E-state index contributed by atoms with van der Waals surface area (Å²) in [6.45, 7) is 3.08. The number of carbonyl (C=O) groups is 2. The highest BCUT2D eigenvalue weighted by molar-refractivity contribution is 5.99. The molecule has 2 aliphatic heterocycles. The van der Waals surface area contributed by atoms with Crippen LogP contribution < -0.4 is 5.32 Å². The van der Waals surface area contributed by atoms with Crippen LogP contribution in [0.3, 0.4) is 0 Å². The van der Waals surface area contributed by atoms with Crippen LogP contribution in [0.2, 0.25) is 0 Å². The van der Waals surface area contributed by atoms with Gasteiger partial charge in [0.15, 0.2) is 0 Å². The van der Waals surface area contributed by atoms with E-state index < -0.39 is 0 Å². The van der Waals surface area contributed by atoms with Crippen molar-refractivity contribution in [3.05, 3.63) is 71.5 Å². The second-order valence-corrected chi connectivity index (χ2v) is 11.1. The van der Waals surface area contributed by atoms with Crippen molar-refractivity contribution in [2.75, 3.05) is 32.0 Å². The van der Waals surface area contributed by atoms with Crippen molar-refractivity contribution in [3.8, 4) is 11.4 Å².